The lowest BCUT2D eigenvalue weighted by atomic mass is 10.0. The van der Waals surface area contributed by atoms with Gasteiger partial charge in [0.2, 0.25) is 5.82 Å². The number of nitrogens with one attached hydrogen (secondary N) is 1. The summed E-state index contributed by atoms with van der Waals surface area (Å²) >= 11 is 0. The summed E-state index contributed by atoms with van der Waals surface area (Å²) < 4.78 is 6.99. The maximum atomic E-state index is 11.9. The molecule has 9 heteroatoms. The summed E-state index contributed by atoms with van der Waals surface area (Å²) in [5.74, 6) is 1.12. The van der Waals surface area contributed by atoms with Gasteiger partial charge < -0.3 is 9.30 Å². The summed E-state index contributed by atoms with van der Waals surface area (Å²) in [4.78, 5) is 21.3. The highest BCUT2D eigenvalue weighted by Crippen LogP contribution is 2.24. The van der Waals surface area contributed by atoms with Crippen LogP contribution in [0.3, 0.4) is 0 Å². The van der Waals surface area contributed by atoms with Gasteiger partial charge in [-0.25, -0.2) is 14.8 Å². The van der Waals surface area contributed by atoms with Crippen molar-refractivity contribution in [2.75, 3.05) is 7.11 Å². The van der Waals surface area contributed by atoms with Crippen LogP contribution in [0.1, 0.15) is 41.6 Å². The molecule has 0 amide bonds. The zero-order chi connectivity index (χ0) is 25.6. The summed E-state index contributed by atoms with van der Waals surface area (Å²) in [5, 5.41) is 14.1. The van der Waals surface area contributed by atoms with Crippen LogP contribution in [0.2, 0.25) is 0 Å². The third-order valence-electron chi connectivity index (χ3n) is 6.15. The topological polar surface area (TPSA) is 111 Å². The molecule has 1 N–H and O–H groups in total. The van der Waals surface area contributed by atoms with E-state index in [0.29, 0.717) is 18.1 Å². The van der Waals surface area contributed by atoms with E-state index in [1.807, 2.05) is 24.4 Å². The average molecular weight is 494 g/mol. The van der Waals surface area contributed by atoms with Crippen LogP contribution < -0.4 is 0 Å². The van der Waals surface area contributed by atoms with Crippen LogP contribution in [0.15, 0.2) is 72.9 Å². The number of esters is 1. The number of imidazole rings is 1. The van der Waals surface area contributed by atoms with Crippen LogP contribution in [0, 0.1) is 0 Å². The minimum Gasteiger partial charge on any atom is -0.464 e. The number of aromatic amines is 1. The fourth-order valence-electron chi connectivity index (χ4n) is 4.14. The van der Waals surface area contributed by atoms with E-state index in [9.17, 15) is 4.79 Å². The summed E-state index contributed by atoms with van der Waals surface area (Å²) in [7, 11) is 1.35. The predicted octanol–water partition coefficient (Wildman–Crippen LogP) is 4.97. The number of aromatic nitrogens is 7. The van der Waals surface area contributed by atoms with E-state index in [1.54, 1.807) is 12.1 Å². The molecule has 9 nitrogen and oxygen atoms in total. The zero-order valence-corrected chi connectivity index (χ0v) is 20.8. The van der Waals surface area contributed by atoms with Crippen molar-refractivity contribution in [3.05, 3.63) is 90.0 Å². The Hall–Kier alpha value is -4.66. The van der Waals surface area contributed by atoms with Crippen molar-refractivity contribution < 1.29 is 9.53 Å². The van der Waals surface area contributed by atoms with Gasteiger partial charge in [0.25, 0.3) is 0 Å². The monoisotopic (exact) mass is 493 g/mol. The Morgan fingerprint density at radius 1 is 0.919 bits per heavy atom. The van der Waals surface area contributed by atoms with Crippen LogP contribution in [0.25, 0.3) is 33.9 Å². The fraction of sp³-hybridized carbons (Fsp3) is 0.214. The maximum absolute atomic E-state index is 11.9. The first-order valence-corrected chi connectivity index (χ1v) is 12.2. The number of ether oxygens (including phenoxy) is 1. The van der Waals surface area contributed by atoms with E-state index in [4.69, 9.17) is 9.72 Å². The molecule has 3 heterocycles. The van der Waals surface area contributed by atoms with E-state index < -0.39 is 5.97 Å². The number of hydrogen-bond acceptors (Lipinski definition) is 7. The molecule has 0 saturated carbocycles. The van der Waals surface area contributed by atoms with E-state index >= 15 is 0 Å². The molecule has 0 aliphatic rings. The molecule has 186 valence electrons. The number of methoxy groups -OCH3 is 1. The normalized spacial score (nSPS) is 11.0. The highest BCUT2D eigenvalue weighted by molar-refractivity contribution is 5.87. The SMILES string of the molecule is CCCCc1nc(-c2cccc(C(=O)OC)n2)cn1Cc1ccc(-c2ccc(-c3nn[nH]n3)cc2)cc1. The lowest BCUT2D eigenvalue weighted by Crippen LogP contribution is -2.04. The van der Waals surface area contributed by atoms with Crippen molar-refractivity contribution in [3.63, 3.8) is 0 Å². The van der Waals surface area contributed by atoms with Crippen molar-refractivity contribution in [3.8, 4) is 33.9 Å². The van der Waals surface area contributed by atoms with Gasteiger partial charge in [-0.05, 0) is 40.5 Å². The van der Waals surface area contributed by atoms with Gasteiger partial charge >= 0.3 is 5.97 Å². The number of nitrogens with zero attached hydrogens (tertiary/aromatic N) is 6. The molecule has 0 aliphatic heterocycles. The van der Waals surface area contributed by atoms with Crippen molar-refractivity contribution in [1.82, 2.24) is 35.2 Å². The molecule has 3 aromatic heterocycles. The van der Waals surface area contributed by atoms with Gasteiger partial charge in [-0.2, -0.15) is 5.21 Å². The standard InChI is InChI=1S/C28H27N7O2/c1-3-4-8-26-30-25(23-6-5-7-24(29-23)28(36)37-2)18-35(26)17-19-9-11-20(12-10-19)21-13-15-22(16-14-21)27-31-33-34-32-27/h5-7,9-16,18H,3-4,8,17H2,1-2H3,(H,31,32,33,34). The number of pyridine rings is 1. The molecule has 0 fully saturated rings. The number of hydrogen-bond donors (Lipinski definition) is 1. The first kappa shape index (κ1) is 24.1. The van der Waals surface area contributed by atoms with Crippen molar-refractivity contribution in [1.29, 1.82) is 0 Å². The highest BCUT2D eigenvalue weighted by Gasteiger charge is 2.14. The number of H-pyrrole nitrogens is 1. The lowest BCUT2D eigenvalue weighted by molar-refractivity contribution is 0.0594. The molecular formula is C28H27N7O2. The van der Waals surface area contributed by atoms with Crippen LogP contribution in [0.5, 0.6) is 0 Å². The van der Waals surface area contributed by atoms with Crippen LogP contribution in [-0.4, -0.2) is 48.2 Å². The van der Waals surface area contributed by atoms with E-state index in [2.05, 4.69) is 73.5 Å². The average Bonchev–Trinajstić information content (AvgIpc) is 3.63. The van der Waals surface area contributed by atoms with Gasteiger partial charge in [-0.15, -0.1) is 10.2 Å². The Balaban J connectivity index is 1.36. The van der Waals surface area contributed by atoms with Crippen LogP contribution in [-0.2, 0) is 17.7 Å². The summed E-state index contributed by atoms with van der Waals surface area (Å²) in [5.41, 5.74) is 6.00. The van der Waals surface area contributed by atoms with Crippen molar-refractivity contribution >= 4 is 5.97 Å². The second-order valence-electron chi connectivity index (χ2n) is 8.68. The summed E-state index contributed by atoms with van der Waals surface area (Å²) in [6.45, 7) is 2.86. The Morgan fingerprint density at radius 3 is 2.32 bits per heavy atom. The molecule has 5 rings (SSSR count). The molecule has 37 heavy (non-hydrogen) atoms. The maximum Gasteiger partial charge on any atom is 0.356 e. The summed E-state index contributed by atoms with van der Waals surface area (Å²) in [6.07, 6.45) is 5.01. The molecule has 0 unspecified atom stereocenters. The Bertz CT molecular complexity index is 1470. The van der Waals surface area contributed by atoms with Gasteiger partial charge in [-0.3, -0.25) is 0 Å². The third kappa shape index (κ3) is 5.45. The van der Waals surface area contributed by atoms with Crippen molar-refractivity contribution in [2.24, 2.45) is 0 Å². The number of carbonyl (C=O) groups excluding carboxylic acids is 1. The van der Waals surface area contributed by atoms with Crippen LogP contribution >= 0.6 is 0 Å². The van der Waals surface area contributed by atoms with Gasteiger partial charge in [0.1, 0.15) is 17.2 Å². The number of unbranched alkanes of at least 4 members (excludes halogenated alkanes) is 1. The van der Waals surface area contributed by atoms with E-state index in [0.717, 1.165) is 47.5 Å². The Labute approximate surface area is 214 Å². The molecule has 0 atom stereocenters. The third-order valence-corrected chi connectivity index (χ3v) is 6.15. The quantitative estimate of drug-likeness (QED) is 0.289. The number of tetrazole rings is 1. The molecule has 2 aromatic carbocycles. The molecular weight excluding hydrogens is 466 g/mol. The van der Waals surface area contributed by atoms with E-state index in [-0.39, 0.29) is 5.69 Å². The van der Waals surface area contributed by atoms with E-state index in [1.165, 1.54) is 12.7 Å². The Morgan fingerprint density at radius 2 is 1.65 bits per heavy atom. The number of rotatable bonds is 9. The van der Waals surface area contributed by atoms with Crippen molar-refractivity contribution in [2.45, 2.75) is 32.7 Å². The van der Waals surface area contributed by atoms with Gasteiger partial charge in [0, 0.05) is 24.7 Å². The number of aryl methyl sites for hydroxylation is 1. The molecule has 0 saturated heterocycles. The molecule has 5 aromatic rings. The Kier molecular flexibility index (Phi) is 7.12. The number of carbonyl (C=O) groups is 1. The van der Waals surface area contributed by atoms with Crippen LogP contribution in [0.4, 0.5) is 0 Å². The van der Waals surface area contributed by atoms with Gasteiger partial charge in [-0.1, -0.05) is 67.9 Å². The zero-order valence-electron chi connectivity index (χ0n) is 20.8. The molecule has 0 spiro atoms. The summed E-state index contributed by atoms with van der Waals surface area (Å²) in [6, 6.07) is 21.9. The fourth-order valence-corrected chi connectivity index (χ4v) is 4.14. The minimum absolute atomic E-state index is 0.269. The molecule has 0 radical (unpaired) electrons. The minimum atomic E-state index is -0.461. The first-order valence-electron chi connectivity index (χ1n) is 12.2. The second-order valence-corrected chi connectivity index (χ2v) is 8.68. The second kappa shape index (κ2) is 10.9. The number of benzene rings is 2. The molecule has 0 bridgehead atoms. The van der Waals surface area contributed by atoms with Gasteiger partial charge in [0.15, 0.2) is 0 Å². The smallest absolute Gasteiger partial charge is 0.356 e. The largest absolute Gasteiger partial charge is 0.464 e. The first-order chi connectivity index (χ1) is 18.1. The highest BCUT2D eigenvalue weighted by atomic mass is 16.5. The lowest BCUT2D eigenvalue weighted by Gasteiger charge is -2.09. The molecule has 0 aliphatic carbocycles. The van der Waals surface area contributed by atoms with Gasteiger partial charge in [0.05, 0.1) is 12.8 Å². The predicted molar refractivity (Wildman–Crippen MR) is 140 cm³/mol.